The van der Waals surface area contributed by atoms with Gasteiger partial charge >= 0.3 is 0 Å². The number of aryl methyl sites for hydroxylation is 1. The van der Waals surface area contributed by atoms with Gasteiger partial charge in [-0.05, 0) is 41.7 Å². The van der Waals surface area contributed by atoms with Gasteiger partial charge in [0.1, 0.15) is 0 Å². The molecule has 1 atom stereocenters. The summed E-state index contributed by atoms with van der Waals surface area (Å²) in [4.78, 5) is 11.8. The van der Waals surface area contributed by atoms with Gasteiger partial charge in [0.25, 0.3) is 0 Å². The molecule has 0 aliphatic carbocycles. The monoisotopic (exact) mass is 238 g/mol. The predicted molar refractivity (Wildman–Crippen MR) is 69.2 cm³/mol. The van der Waals surface area contributed by atoms with Gasteiger partial charge in [0.2, 0.25) is 5.91 Å². The highest BCUT2D eigenvalue weighted by Gasteiger charge is 2.17. The summed E-state index contributed by atoms with van der Waals surface area (Å²) in [6.45, 7) is 9.85. The van der Waals surface area contributed by atoms with Crippen LogP contribution in [0.1, 0.15) is 38.2 Å². The van der Waals surface area contributed by atoms with Gasteiger partial charge in [-0.25, -0.2) is 0 Å². The van der Waals surface area contributed by atoms with Crippen LogP contribution < -0.4 is 10.6 Å². The maximum Gasteiger partial charge on any atom is 0.241 e. The van der Waals surface area contributed by atoms with Crippen LogP contribution in [0.15, 0.2) is 0 Å². The molecule has 96 valence electrons. The number of amides is 1. The van der Waals surface area contributed by atoms with Crippen molar-refractivity contribution in [3.05, 3.63) is 11.4 Å². The SMILES string of the molecule is CNC(C)C(=O)Nc1c(C)nn(C(C)C)c1C. The zero-order valence-electron chi connectivity index (χ0n) is 11.5. The minimum Gasteiger partial charge on any atom is -0.322 e. The third-order valence-corrected chi connectivity index (χ3v) is 2.89. The highest BCUT2D eigenvalue weighted by Crippen LogP contribution is 2.22. The van der Waals surface area contributed by atoms with E-state index in [0.717, 1.165) is 17.1 Å². The van der Waals surface area contributed by atoms with Gasteiger partial charge in [0, 0.05) is 6.04 Å². The number of nitrogens with zero attached hydrogens (tertiary/aromatic N) is 2. The summed E-state index contributed by atoms with van der Waals surface area (Å²) < 4.78 is 1.93. The van der Waals surface area contributed by atoms with Gasteiger partial charge in [-0.1, -0.05) is 0 Å². The maximum atomic E-state index is 11.8. The van der Waals surface area contributed by atoms with Crippen molar-refractivity contribution in [3.8, 4) is 0 Å². The fourth-order valence-corrected chi connectivity index (χ4v) is 1.71. The molecule has 0 saturated carbocycles. The number of nitrogens with one attached hydrogen (secondary N) is 2. The molecule has 5 nitrogen and oxygen atoms in total. The van der Waals surface area contributed by atoms with Crippen molar-refractivity contribution in [1.82, 2.24) is 15.1 Å². The molecule has 0 aromatic carbocycles. The Morgan fingerprint density at radius 3 is 2.29 bits per heavy atom. The van der Waals surface area contributed by atoms with E-state index < -0.39 is 0 Å². The highest BCUT2D eigenvalue weighted by molar-refractivity contribution is 5.95. The van der Waals surface area contributed by atoms with Gasteiger partial charge < -0.3 is 10.6 Å². The summed E-state index contributed by atoms with van der Waals surface area (Å²) >= 11 is 0. The van der Waals surface area contributed by atoms with E-state index in [1.165, 1.54) is 0 Å². The van der Waals surface area contributed by atoms with E-state index in [-0.39, 0.29) is 11.9 Å². The number of carbonyl (C=O) groups is 1. The second kappa shape index (κ2) is 5.31. The first-order chi connectivity index (χ1) is 7.88. The molecule has 5 heteroatoms. The predicted octanol–water partition coefficient (Wildman–Crippen LogP) is 1.63. The Morgan fingerprint density at radius 2 is 1.88 bits per heavy atom. The summed E-state index contributed by atoms with van der Waals surface area (Å²) in [5.74, 6) is -0.0398. The number of hydrogen-bond donors (Lipinski definition) is 2. The Morgan fingerprint density at radius 1 is 1.29 bits per heavy atom. The van der Waals surface area contributed by atoms with Crippen LogP contribution in [-0.2, 0) is 4.79 Å². The topological polar surface area (TPSA) is 59.0 Å². The number of rotatable bonds is 4. The average Bonchev–Trinajstić information content (AvgIpc) is 2.55. The molecular weight excluding hydrogens is 216 g/mol. The molecule has 1 aromatic heterocycles. The third-order valence-electron chi connectivity index (χ3n) is 2.89. The molecule has 1 unspecified atom stereocenters. The van der Waals surface area contributed by atoms with Crippen molar-refractivity contribution in [2.24, 2.45) is 0 Å². The molecule has 1 heterocycles. The minimum absolute atomic E-state index is 0.0398. The number of aromatic nitrogens is 2. The Hall–Kier alpha value is -1.36. The van der Waals surface area contributed by atoms with E-state index in [1.807, 2.05) is 25.5 Å². The second-order valence-corrected chi connectivity index (χ2v) is 4.58. The largest absolute Gasteiger partial charge is 0.322 e. The lowest BCUT2D eigenvalue weighted by atomic mass is 10.2. The molecule has 0 radical (unpaired) electrons. The van der Waals surface area contributed by atoms with Crippen LogP contribution >= 0.6 is 0 Å². The normalized spacial score (nSPS) is 12.9. The highest BCUT2D eigenvalue weighted by atomic mass is 16.2. The number of anilines is 1. The minimum atomic E-state index is -0.212. The first-order valence-corrected chi connectivity index (χ1v) is 5.92. The lowest BCUT2D eigenvalue weighted by molar-refractivity contribution is -0.117. The fraction of sp³-hybridized carbons (Fsp3) is 0.667. The Balaban J connectivity index is 2.96. The lowest BCUT2D eigenvalue weighted by Gasteiger charge is -2.12. The Labute approximate surface area is 103 Å². The van der Waals surface area contributed by atoms with E-state index in [0.29, 0.717) is 6.04 Å². The molecule has 17 heavy (non-hydrogen) atoms. The molecule has 0 spiro atoms. The molecule has 0 saturated heterocycles. The summed E-state index contributed by atoms with van der Waals surface area (Å²) in [6.07, 6.45) is 0. The molecule has 1 rings (SSSR count). The van der Waals surface area contributed by atoms with Gasteiger partial charge in [0.05, 0.1) is 23.1 Å². The summed E-state index contributed by atoms with van der Waals surface area (Å²) in [5, 5.41) is 10.3. The van der Waals surface area contributed by atoms with Gasteiger partial charge in [-0.15, -0.1) is 0 Å². The number of hydrogen-bond acceptors (Lipinski definition) is 3. The van der Waals surface area contributed by atoms with Gasteiger partial charge in [0.15, 0.2) is 0 Å². The molecule has 1 aromatic rings. The van der Waals surface area contributed by atoms with Crippen molar-refractivity contribution >= 4 is 11.6 Å². The van der Waals surface area contributed by atoms with Crippen molar-refractivity contribution < 1.29 is 4.79 Å². The first-order valence-electron chi connectivity index (χ1n) is 5.92. The van der Waals surface area contributed by atoms with Crippen LogP contribution in [0, 0.1) is 13.8 Å². The standard InChI is InChI=1S/C12H22N4O/c1-7(2)16-10(5)11(8(3)15-16)14-12(17)9(4)13-6/h7,9,13H,1-6H3,(H,14,17). The summed E-state index contributed by atoms with van der Waals surface area (Å²) in [7, 11) is 1.77. The Kier molecular flexibility index (Phi) is 4.28. The van der Waals surface area contributed by atoms with E-state index in [1.54, 1.807) is 7.05 Å². The molecular formula is C12H22N4O. The van der Waals surface area contributed by atoms with Crippen LogP contribution in [0.2, 0.25) is 0 Å². The fourth-order valence-electron chi connectivity index (χ4n) is 1.71. The molecule has 0 aliphatic heterocycles. The summed E-state index contributed by atoms with van der Waals surface area (Å²) in [5.41, 5.74) is 2.67. The average molecular weight is 238 g/mol. The van der Waals surface area contributed by atoms with Crippen LogP contribution in [-0.4, -0.2) is 28.8 Å². The number of carbonyl (C=O) groups excluding carboxylic acids is 1. The van der Waals surface area contributed by atoms with Crippen molar-refractivity contribution in [1.29, 1.82) is 0 Å². The van der Waals surface area contributed by atoms with Crippen LogP contribution in [0.25, 0.3) is 0 Å². The van der Waals surface area contributed by atoms with Crippen molar-refractivity contribution in [3.63, 3.8) is 0 Å². The molecule has 0 fully saturated rings. The quantitative estimate of drug-likeness (QED) is 0.838. The van der Waals surface area contributed by atoms with Crippen molar-refractivity contribution in [2.45, 2.75) is 46.7 Å². The van der Waals surface area contributed by atoms with Crippen molar-refractivity contribution in [2.75, 3.05) is 12.4 Å². The molecule has 1 amide bonds. The van der Waals surface area contributed by atoms with Crippen LogP contribution in [0.5, 0.6) is 0 Å². The first kappa shape index (κ1) is 13.7. The van der Waals surface area contributed by atoms with Gasteiger partial charge in [-0.3, -0.25) is 9.48 Å². The molecule has 0 aliphatic rings. The maximum absolute atomic E-state index is 11.8. The molecule has 2 N–H and O–H groups in total. The van der Waals surface area contributed by atoms with E-state index in [9.17, 15) is 4.79 Å². The van der Waals surface area contributed by atoms with Crippen LogP contribution in [0.3, 0.4) is 0 Å². The Bertz CT molecular complexity index is 409. The zero-order valence-corrected chi connectivity index (χ0v) is 11.5. The van der Waals surface area contributed by atoms with E-state index >= 15 is 0 Å². The number of likely N-dealkylation sites (N-methyl/N-ethyl adjacent to an activating group) is 1. The second-order valence-electron chi connectivity index (χ2n) is 4.58. The van der Waals surface area contributed by atoms with E-state index in [4.69, 9.17) is 0 Å². The zero-order chi connectivity index (χ0) is 13.2. The summed E-state index contributed by atoms with van der Waals surface area (Å²) in [6, 6.07) is 0.0808. The third kappa shape index (κ3) is 2.85. The molecule has 0 bridgehead atoms. The van der Waals surface area contributed by atoms with E-state index in [2.05, 4.69) is 29.6 Å². The lowest BCUT2D eigenvalue weighted by Crippen LogP contribution is -2.35. The smallest absolute Gasteiger partial charge is 0.241 e. The van der Waals surface area contributed by atoms with Crippen LogP contribution in [0.4, 0.5) is 5.69 Å². The van der Waals surface area contributed by atoms with Gasteiger partial charge in [-0.2, -0.15) is 5.10 Å².